The second kappa shape index (κ2) is 6.65. The van der Waals surface area contributed by atoms with Crippen LogP contribution in [0, 0.1) is 6.92 Å². The number of hydrogen-bond donors (Lipinski definition) is 4. The summed E-state index contributed by atoms with van der Waals surface area (Å²) in [6.07, 6.45) is 0.741. The third kappa shape index (κ3) is 4.42. The number of benzene rings is 2. The number of phenolic OH excluding ortho intramolecular Hbond substituents is 2. The van der Waals surface area contributed by atoms with Gasteiger partial charge in [0.1, 0.15) is 11.5 Å². The zero-order valence-corrected chi connectivity index (χ0v) is 11.8. The number of anilines is 1. The van der Waals surface area contributed by atoms with Crippen LogP contribution in [0.5, 0.6) is 11.5 Å². The number of phenols is 2. The van der Waals surface area contributed by atoms with Gasteiger partial charge in [-0.15, -0.1) is 0 Å². The molecule has 0 fully saturated rings. The summed E-state index contributed by atoms with van der Waals surface area (Å²) in [4.78, 5) is 11.7. The molecule has 0 heterocycles. The van der Waals surface area contributed by atoms with Crippen molar-refractivity contribution in [2.24, 2.45) is 0 Å². The van der Waals surface area contributed by atoms with Crippen molar-refractivity contribution < 1.29 is 15.0 Å². The number of amides is 2. The molecule has 5 heteroatoms. The number of carbonyl (C=O) groups is 1. The van der Waals surface area contributed by atoms with Gasteiger partial charge in [-0.1, -0.05) is 24.3 Å². The number of carbonyl (C=O) groups excluding carboxylic acids is 1. The van der Waals surface area contributed by atoms with Crippen molar-refractivity contribution in [3.63, 3.8) is 0 Å². The Bertz CT molecular complexity index is 621. The summed E-state index contributed by atoms with van der Waals surface area (Å²) >= 11 is 0. The lowest BCUT2D eigenvalue weighted by atomic mass is 10.1. The smallest absolute Gasteiger partial charge is 0.319 e. The van der Waals surface area contributed by atoms with Gasteiger partial charge < -0.3 is 20.8 Å². The molecule has 5 nitrogen and oxygen atoms in total. The van der Waals surface area contributed by atoms with E-state index in [4.69, 9.17) is 0 Å². The molecular weight excluding hydrogens is 268 g/mol. The predicted octanol–water partition coefficient (Wildman–Crippen LogP) is 2.77. The van der Waals surface area contributed by atoms with Crippen LogP contribution in [-0.2, 0) is 6.42 Å². The van der Waals surface area contributed by atoms with Gasteiger partial charge in [0.2, 0.25) is 0 Å². The van der Waals surface area contributed by atoms with Gasteiger partial charge in [0.05, 0.1) is 0 Å². The van der Waals surface area contributed by atoms with Crippen LogP contribution in [0.1, 0.15) is 11.1 Å². The summed E-state index contributed by atoms with van der Waals surface area (Å²) in [6, 6.07) is 11.6. The van der Waals surface area contributed by atoms with Gasteiger partial charge in [0.25, 0.3) is 0 Å². The third-order valence-electron chi connectivity index (χ3n) is 3.10. The fourth-order valence-electron chi connectivity index (χ4n) is 2.04. The summed E-state index contributed by atoms with van der Waals surface area (Å²) in [5.74, 6) is -0.213. The minimum atomic E-state index is -0.381. The number of aromatic hydroxyl groups is 2. The van der Waals surface area contributed by atoms with E-state index in [9.17, 15) is 15.0 Å². The van der Waals surface area contributed by atoms with E-state index in [0.717, 1.165) is 6.42 Å². The minimum Gasteiger partial charge on any atom is -0.508 e. The average Bonchev–Trinajstić information content (AvgIpc) is 2.39. The maximum atomic E-state index is 11.7. The first-order valence-electron chi connectivity index (χ1n) is 6.67. The standard InChI is InChI=1S/C16H18N2O3/c1-11-4-2-3-5-12(11)6-7-17-16(21)18-13-8-14(19)10-15(20)9-13/h2-5,8-10,19-20H,6-7H2,1H3,(H2,17,18,21). The van der Waals surface area contributed by atoms with Gasteiger partial charge in [-0.25, -0.2) is 4.79 Å². The topological polar surface area (TPSA) is 81.6 Å². The predicted molar refractivity (Wildman–Crippen MR) is 81.7 cm³/mol. The molecule has 2 aromatic carbocycles. The van der Waals surface area contributed by atoms with E-state index in [-0.39, 0.29) is 17.5 Å². The third-order valence-corrected chi connectivity index (χ3v) is 3.10. The summed E-state index contributed by atoms with van der Waals surface area (Å²) in [7, 11) is 0. The van der Waals surface area contributed by atoms with Crippen LogP contribution < -0.4 is 10.6 Å². The van der Waals surface area contributed by atoms with Crippen molar-refractivity contribution in [3.05, 3.63) is 53.6 Å². The highest BCUT2D eigenvalue weighted by Gasteiger charge is 2.04. The SMILES string of the molecule is Cc1ccccc1CCNC(=O)Nc1cc(O)cc(O)c1. The van der Waals surface area contributed by atoms with Crippen LogP contribution in [-0.4, -0.2) is 22.8 Å². The van der Waals surface area contributed by atoms with E-state index in [1.165, 1.54) is 29.3 Å². The molecule has 0 aliphatic rings. The quantitative estimate of drug-likeness (QED) is 0.697. The Hall–Kier alpha value is -2.69. The van der Waals surface area contributed by atoms with Crippen molar-refractivity contribution >= 4 is 11.7 Å². The monoisotopic (exact) mass is 286 g/mol. The first-order chi connectivity index (χ1) is 10.0. The molecular formula is C16H18N2O3. The Morgan fingerprint density at radius 3 is 2.43 bits per heavy atom. The van der Waals surface area contributed by atoms with E-state index >= 15 is 0 Å². The van der Waals surface area contributed by atoms with Crippen molar-refractivity contribution in [1.82, 2.24) is 5.32 Å². The Morgan fingerprint density at radius 1 is 1.10 bits per heavy atom. The van der Waals surface area contributed by atoms with Crippen LogP contribution in [0.3, 0.4) is 0 Å². The minimum absolute atomic E-state index is 0.106. The number of hydrogen-bond acceptors (Lipinski definition) is 3. The molecule has 21 heavy (non-hydrogen) atoms. The lowest BCUT2D eigenvalue weighted by Crippen LogP contribution is -2.30. The second-order valence-corrected chi connectivity index (χ2v) is 4.80. The Kier molecular flexibility index (Phi) is 4.66. The maximum absolute atomic E-state index is 11.7. The Morgan fingerprint density at radius 2 is 1.76 bits per heavy atom. The van der Waals surface area contributed by atoms with E-state index in [1.54, 1.807) is 0 Å². The van der Waals surface area contributed by atoms with Gasteiger partial charge in [0, 0.05) is 30.4 Å². The molecule has 0 saturated carbocycles. The summed E-state index contributed by atoms with van der Waals surface area (Å²) in [6.45, 7) is 2.53. The van der Waals surface area contributed by atoms with E-state index in [1.807, 2.05) is 31.2 Å². The largest absolute Gasteiger partial charge is 0.508 e. The maximum Gasteiger partial charge on any atom is 0.319 e. The first-order valence-corrected chi connectivity index (χ1v) is 6.67. The zero-order chi connectivity index (χ0) is 15.2. The highest BCUT2D eigenvalue weighted by atomic mass is 16.3. The van der Waals surface area contributed by atoms with Crippen molar-refractivity contribution in [2.45, 2.75) is 13.3 Å². The number of rotatable bonds is 4. The lowest BCUT2D eigenvalue weighted by molar-refractivity contribution is 0.252. The van der Waals surface area contributed by atoms with E-state index in [0.29, 0.717) is 12.2 Å². The highest BCUT2D eigenvalue weighted by Crippen LogP contribution is 2.23. The number of aryl methyl sites for hydroxylation is 1. The van der Waals surface area contributed by atoms with Crippen molar-refractivity contribution in [3.8, 4) is 11.5 Å². The van der Waals surface area contributed by atoms with Gasteiger partial charge in [-0.05, 0) is 24.5 Å². The normalized spacial score (nSPS) is 10.1. The van der Waals surface area contributed by atoms with Crippen LogP contribution in [0.25, 0.3) is 0 Å². The molecule has 0 unspecified atom stereocenters. The molecule has 0 saturated heterocycles. The van der Waals surface area contributed by atoms with Crippen LogP contribution in [0.4, 0.5) is 10.5 Å². The van der Waals surface area contributed by atoms with Crippen molar-refractivity contribution in [2.75, 3.05) is 11.9 Å². The molecule has 2 aromatic rings. The molecule has 110 valence electrons. The molecule has 0 radical (unpaired) electrons. The summed E-state index contributed by atoms with van der Waals surface area (Å²) in [5.41, 5.74) is 2.71. The van der Waals surface area contributed by atoms with Gasteiger partial charge in [0.15, 0.2) is 0 Å². The van der Waals surface area contributed by atoms with Gasteiger partial charge in [-0.3, -0.25) is 0 Å². The summed E-state index contributed by atoms with van der Waals surface area (Å²) in [5, 5.41) is 23.9. The second-order valence-electron chi connectivity index (χ2n) is 4.80. The van der Waals surface area contributed by atoms with Crippen LogP contribution in [0.2, 0.25) is 0 Å². The summed E-state index contributed by atoms with van der Waals surface area (Å²) < 4.78 is 0. The molecule has 0 bridgehead atoms. The van der Waals surface area contributed by atoms with Gasteiger partial charge in [-0.2, -0.15) is 0 Å². The van der Waals surface area contributed by atoms with E-state index in [2.05, 4.69) is 10.6 Å². The molecule has 0 atom stereocenters. The fourth-order valence-corrected chi connectivity index (χ4v) is 2.04. The van der Waals surface area contributed by atoms with Crippen molar-refractivity contribution in [1.29, 1.82) is 0 Å². The molecule has 0 aliphatic carbocycles. The van der Waals surface area contributed by atoms with Crippen LogP contribution >= 0.6 is 0 Å². The van der Waals surface area contributed by atoms with Gasteiger partial charge >= 0.3 is 6.03 Å². The molecule has 0 spiro atoms. The Balaban J connectivity index is 1.84. The number of nitrogens with one attached hydrogen (secondary N) is 2. The van der Waals surface area contributed by atoms with Crippen LogP contribution in [0.15, 0.2) is 42.5 Å². The van der Waals surface area contributed by atoms with E-state index < -0.39 is 0 Å². The fraction of sp³-hybridized carbons (Fsp3) is 0.188. The highest BCUT2D eigenvalue weighted by molar-refractivity contribution is 5.89. The Labute approximate surface area is 123 Å². The molecule has 0 aromatic heterocycles. The average molecular weight is 286 g/mol. The number of urea groups is 1. The molecule has 2 rings (SSSR count). The lowest BCUT2D eigenvalue weighted by Gasteiger charge is -2.09. The molecule has 4 N–H and O–H groups in total. The molecule has 2 amide bonds. The molecule has 0 aliphatic heterocycles. The first kappa shape index (κ1) is 14.7. The zero-order valence-electron chi connectivity index (χ0n) is 11.8.